The van der Waals surface area contributed by atoms with Crippen LogP contribution < -0.4 is 0 Å². The number of rotatable bonds is 5. The fourth-order valence-corrected chi connectivity index (χ4v) is 3.18. The van der Waals surface area contributed by atoms with E-state index >= 15 is 0 Å². The summed E-state index contributed by atoms with van der Waals surface area (Å²) in [6.07, 6.45) is 1.26. The number of hydrogen-bond donors (Lipinski definition) is 1. The second-order valence-corrected chi connectivity index (χ2v) is 7.73. The average molecular weight is 430 g/mol. The van der Waals surface area contributed by atoms with Crippen LogP contribution in [0.2, 0.25) is 0 Å². The summed E-state index contributed by atoms with van der Waals surface area (Å²) in [7, 11) is -9.86. The maximum Gasteiger partial charge on any atom is 0.344 e. The molecule has 0 amide bonds. The Morgan fingerprint density at radius 2 is 1.22 bits per heavy atom. The molecule has 0 heterocycles. The van der Waals surface area contributed by atoms with Gasteiger partial charge in [0.25, 0.3) is 10.1 Å². The Balaban J connectivity index is 2.32. The van der Waals surface area contributed by atoms with Gasteiger partial charge in [0.05, 0.1) is 4.90 Å². The Kier molecular flexibility index (Phi) is 5.58. The molecule has 0 aliphatic heterocycles. The molecule has 27 heavy (non-hydrogen) atoms. The lowest BCUT2D eigenvalue weighted by Gasteiger charge is -2.08. The first-order valence-corrected chi connectivity index (χ1v) is 9.40. The zero-order chi connectivity index (χ0) is 20.6. The van der Waals surface area contributed by atoms with Crippen LogP contribution in [0.15, 0.2) is 40.3 Å². The lowest BCUT2D eigenvalue weighted by molar-refractivity contribution is 0.349. The quantitative estimate of drug-likeness (QED) is 0.196. The predicted molar refractivity (Wildman–Crippen MR) is 79.8 cm³/mol. The molecule has 0 aliphatic carbocycles. The van der Waals surface area contributed by atoms with E-state index in [9.17, 15) is 38.8 Å². The van der Waals surface area contributed by atoms with Gasteiger partial charge in [0, 0.05) is 0 Å². The Morgan fingerprint density at radius 3 is 1.67 bits per heavy atom. The molecule has 0 aromatic heterocycles. The minimum atomic E-state index is -5.40. The van der Waals surface area contributed by atoms with Gasteiger partial charge in [-0.2, -0.15) is 16.8 Å². The van der Waals surface area contributed by atoms with Gasteiger partial charge >= 0.3 is 10.1 Å². The molecule has 0 saturated carbocycles. The van der Waals surface area contributed by atoms with E-state index in [-0.39, 0.29) is 5.56 Å². The zero-order valence-electron chi connectivity index (χ0n) is 12.7. The van der Waals surface area contributed by atoms with Crippen molar-refractivity contribution in [3.05, 3.63) is 65.2 Å². The van der Waals surface area contributed by atoms with Crippen LogP contribution >= 0.6 is 0 Å². The van der Waals surface area contributed by atoms with Gasteiger partial charge in [0.15, 0.2) is 28.2 Å². The first-order chi connectivity index (χ1) is 12.4. The maximum absolute atomic E-state index is 13.5. The van der Waals surface area contributed by atoms with Gasteiger partial charge < -0.3 is 4.18 Å². The van der Waals surface area contributed by atoms with E-state index in [0.29, 0.717) is 6.26 Å². The van der Waals surface area contributed by atoms with Crippen molar-refractivity contribution in [1.29, 1.82) is 0 Å². The molecule has 0 bridgehead atoms. The van der Waals surface area contributed by atoms with Gasteiger partial charge in [-0.3, -0.25) is 4.55 Å². The number of benzene rings is 2. The molecule has 0 aliphatic rings. The van der Waals surface area contributed by atoms with Gasteiger partial charge in [-0.1, -0.05) is 12.1 Å². The topological polar surface area (TPSA) is 97.7 Å². The number of hydrogen-bond acceptors (Lipinski definition) is 5. The average Bonchev–Trinajstić information content (AvgIpc) is 2.57. The second-order valence-electron chi connectivity index (χ2n) is 4.80. The molecule has 0 spiro atoms. The molecule has 0 atom stereocenters. The van der Waals surface area contributed by atoms with E-state index in [4.69, 9.17) is 4.55 Å². The minimum Gasteiger partial charge on any atom is -0.387 e. The molecular weight excluding hydrogens is 423 g/mol. The molecule has 0 saturated heterocycles. The largest absolute Gasteiger partial charge is 0.387 e. The van der Waals surface area contributed by atoms with E-state index in [0.717, 1.165) is 30.3 Å². The lowest BCUT2D eigenvalue weighted by Crippen LogP contribution is -2.13. The molecule has 1 N–H and O–H groups in total. The molecule has 2 rings (SSSR count). The summed E-state index contributed by atoms with van der Waals surface area (Å²) in [5.41, 5.74) is 0.120. The normalized spacial score (nSPS) is 12.5. The van der Waals surface area contributed by atoms with Crippen LogP contribution in [0.25, 0.3) is 6.08 Å². The van der Waals surface area contributed by atoms with Crippen LogP contribution in [0.3, 0.4) is 0 Å². The smallest absolute Gasteiger partial charge is 0.344 e. The molecule has 0 fully saturated rings. The van der Waals surface area contributed by atoms with Gasteiger partial charge in [-0.05, 0) is 23.8 Å². The van der Waals surface area contributed by atoms with Crippen molar-refractivity contribution < 1.29 is 47.5 Å². The van der Waals surface area contributed by atoms with Crippen LogP contribution in [-0.4, -0.2) is 21.4 Å². The van der Waals surface area contributed by atoms with E-state index < -0.39 is 59.1 Å². The lowest BCUT2D eigenvalue weighted by atomic mass is 10.2. The van der Waals surface area contributed by atoms with Crippen LogP contribution in [0.1, 0.15) is 5.56 Å². The second kappa shape index (κ2) is 7.25. The standard InChI is InChI=1S/C14H7F5O6S2/c15-9-10(16)12(18)14(13(19)11(9)17)27(23,24)25-6-5-7-1-3-8(4-2-7)26(20,21)22/h1-6H,(H,20,21,22)/b6-5+. The predicted octanol–water partition coefficient (Wildman–Crippen LogP) is 3.01. The Morgan fingerprint density at radius 1 is 0.778 bits per heavy atom. The third kappa shape index (κ3) is 4.26. The summed E-state index contributed by atoms with van der Waals surface area (Å²) in [6, 6.07) is 4.11. The van der Waals surface area contributed by atoms with Crippen LogP contribution in [0, 0.1) is 29.1 Å². The van der Waals surface area contributed by atoms with Gasteiger partial charge in [0.2, 0.25) is 5.82 Å². The first-order valence-electron chi connectivity index (χ1n) is 6.55. The molecule has 6 nitrogen and oxygen atoms in total. The van der Waals surface area contributed by atoms with E-state index in [1.165, 1.54) is 0 Å². The SMILES string of the molecule is O=S(=O)(O)c1ccc(/C=C/OS(=O)(=O)c2c(F)c(F)c(F)c(F)c2F)cc1. The van der Waals surface area contributed by atoms with Crippen molar-refractivity contribution in [2.24, 2.45) is 0 Å². The molecule has 2 aromatic carbocycles. The van der Waals surface area contributed by atoms with E-state index in [1.54, 1.807) is 0 Å². The van der Waals surface area contributed by atoms with Crippen molar-refractivity contribution in [3.63, 3.8) is 0 Å². The fourth-order valence-electron chi connectivity index (χ4n) is 1.78. The molecule has 0 radical (unpaired) electrons. The highest BCUT2D eigenvalue weighted by Gasteiger charge is 2.34. The first kappa shape index (κ1) is 20.8. The molecular formula is C14H7F5O6S2. The Bertz CT molecular complexity index is 1100. The zero-order valence-corrected chi connectivity index (χ0v) is 14.3. The van der Waals surface area contributed by atoms with Crippen molar-refractivity contribution in [2.45, 2.75) is 9.79 Å². The van der Waals surface area contributed by atoms with Gasteiger partial charge in [-0.15, -0.1) is 0 Å². The third-order valence-corrected chi connectivity index (χ3v) is 5.13. The van der Waals surface area contributed by atoms with E-state index in [1.807, 2.05) is 0 Å². The molecule has 0 unspecified atom stereocenters. The summed E-state index contributed by atoms with van der Waals surface area (Å²) in [4.78, 5) is -2.63. The van der Waals surface area contributed by atoms with Gasteiger partial charge in [0.1, 0.15) is 6.26 Å². The highest BCUT2D eigenvalue weighted by atomic mass is 32.2. The molecule has 146 valence electrons. The van der Waals surface area contributed by atoms with Crippen LogP contribution in [0.5, 0.6) is 0 Å². The Hall–Kier alpha value is -2.51. The molecule has 13 heteroatoms. The monoisotopic (exact) mass is 430 g/mol. The van der Waals surface area contributed by atoms with Crippen molar-refractivity contribution >= 4 is 26.3 Å². The Labute approximate surface area is 149 Å². The van der Waals surface area contributed by atoms with Crippen molar-refractivity contribution in [2.75, 3.05) is 0 Å². The van der Waals surface area contributed by atoms with Crippen LogP contribution in [-0.2, 0) is 24.4 Å². The fraction of sp³-hybridized carbons (Fsp3) is 0. The van der Waals surface area contributed by atoms with Crippen molar-refractivity contribution in [3.8, 4) is 0 Å². The van der Waals surface area contributed by atoms with Crippen molar-refractivity contribution in [1.82, 2.24) is 0 Å². The summed E-state index contributed by atoms with van der Waals surface area (Å²) >= 11 is 0. The summed E-state index contributed by atoms with van der Waals surface area (Å²) < 4.78 is 124. The van der Waals surface area contributed by atoms with Gasteiger partial charge in [-0.25, -0.2) is 22.0 Å². The number of halogens is 5. The maximum atomic E-state index is 13.5. The highest BCUT2D eigenvalue weighted by molar-refractivity contribution is 7.87. The highest BCUT2D eigenvalue weighted by Crippen LogP contribution is 2.28. The minimum absolute atomic E-state index is 0.120. The van der Waals surface area contributed by atoms with Crippen LogP contribution in [0.4, 0.5) is 22.0 Å². The third-order valence-electron chi connectivity index (χ3n) is 3.04. The summed E-state index contributed by atoms with van der Waals surface area (Å²) in [5, 5.41) is 0. The summed E-state index contributed by atoms with van der Waals surface area (Å²) in [5.74, 6) is -12.6. The van der Waals surface area contributed by atoms with E-state index in [2.05, 4.69) is 4.18 Å². The summed E-state index contributed by atoms with van der Waals surface area (Å²) in [6.45, 7) is 0. The molecule has 2 aromatic rings.